The molecular weight excluding hydrogens is 301 g/mol. The van der Waals surface area contributed by atoms with Gasteiger partial charge in [-0.1, -0.05) is 22.6 Å². The molecule has 0 saturated carbocycles. The molecule has 1 heterocycles. The third-order valence-electron chi connectivity index (χ3n) is 1.85. The number of hydrogen-bond donors (Lipinski definition) is 0. The molecule has 1 unspecified atom stereocenters. The van der Waals surface area contributed by atoms with Crippen LogP contribution in [0.2, 0.25) is 0 Å². The van der Waals surface area contributed by atoms with Gasteiger partial charge >= 0.3 is 0 Å². The number of thioether (sulfide) groups is 2. The summed E-state index contributed by atoms with van der Waals surface area (Å²) in [5.41, 5.74) is 0. The zero-order chi connectivity index (χ0) is 8.97. The smallest absolute Gasteiger partial charge is 0.219 e. The second kappa shape index (κ2) is 5.75. The van der Waals surface area contributed by atoms with Crippen LogP contribution in [0.25, 0.3) is 0 Å². The van der Waals surface area contributed by atoms with Gasteiger partial charge in [0.05, 0.1) is 0 Å². The van der Waals surface area contributed by atoms with Crippen LogP contribution >= 0.6 is 46.1 Å². The first-order valence-electron chi connectivity index (χ1n) is 4.29. The first-order valence-corrected chi connectivity index (χ1v) is 7.68. The first kappa shape index (κ1) is 11.2. The fourth-order valence-electron chi connectivity index (χ4n) is 1.10. The summed E-state index contributed by atoms with van der Waals surface area (Å²) in [4.78, 5) is 0. The molecule has 0 amide bonds. The van der Waals surface area contributed by atoms with Crippen LogP contribution in [0.5, 0.6) is 0 Å². The van der Waals surface area contributed by atoms with Crippen molar-refractivity contribution in [1.29, 1.82) is 0 Å². The van der Waals surface area contributed by atoms with E-state index in [1.807, 2.05) is 11.8 Å². The highest BCUT2D eigenvalue weighted by Gasteiger charge is 2.27. The van der Waals surface area contributed by atoms with Crippen LogP contribution in [0, 0.1) is 0 Å². The number of halogens is 1. The van der Waals surface area contributed by atoms with Crippen molar-refractivity contribution in [3.05, 3.63) is 0 Å². The van der Waals surface area contributed by atoms with Gasteiger partial charge in [-0.2, -0.15) is 0 Å². The summed E-state index contributed by atoms with van der Waals surface area (Å²) in [6, 6.07) is 0. The van der Waals surface area contributed by atoms with E-state index in [-0.39, 0.29) is 0 Å². The maximum atomic E-state index is 2.48. The zero-order valence-corrected chi connectivity index (χ0v) is 11.3. The number of alkyl halides is 1. The van der Waals surface area contributed by atoms with Gasteiger partial charge in [0.1, 0.15) is 13.1 Å². The third kappa shape index (κ3) is 2.80. The Morgan fingerprint density at radius 1 is 1.50 bits per heavy atom. The van der Waals surface area contributed by atoms with Gasteiger partial charge in [0.15, 0.2) is 0 Å². The Morgan fingerprint density at radius 2 is 2.17 bits per heavy atom. The van der Waals surface area contributed by atoms with Crippen LogP contribution in [0.3, 0.4) is 0 Å². The van der Waals surface area contributed by atoms with Gasteiger partial charge in [-0.05, 0) is 37.4 Å². The minimum absolute atomic E-state index is 0.853. The van der Waals surface area contributed by atoms with Crippen molar-refractivity contribution in [2.24, 2.45) is 0 Å². The van der Waals surface area contributed by atoms with Crippen LogP contribution < -0.4 is 0 Å². The summed E-state index contributed by atoms with van der Waals surface area (Å²) in [6.07, 6.45) is 0. The second-order valence-electron chi connectivity index (χ2n) is 2.64. The lowest BCUT2D eigenvalue weighted by molar-refractivity contribution is -0.515. The van der Waals surface area contributed by atoms with Crippen molar-refractivity contribution >= 4 is 50.5 Å². The lowest BCUT2D eigenvalue weighted by Crippen LogP contribution is -2.15. The summed E-state index contributed by atoms with van der Waals surface area (Å²) in [5, 5.41) is 0.853. The molecule has 1 aliphatic heterocycles. The highest BCUT2D eigenvalue weighted by Crippen LogP contribution is 2.33. The Hall–Kier alpha value is 1.10. The predicted octanol–water partition coefficient (Wildman–Crippen LogP) is 2.68. The molecule has 1 atom stereocenters. The summed E-state index contributed by atoms with van der Waals surface area (Å²) in [7, 11) is 0. The quantitative estimate of drug-likeness (QED) is 0.447. The van der Waals surface area contributed by atoms with Gasteiger partial charge in [0.25, 0.3) is 4.38 Å². The topological polar surface area (TPSA) is 3.01 Å². The molecule has 0 radical (unpaired) electrons. The van der Waals surface area contributed by atoms with Crippen molar-refractivity contribution in [3.63, 3.8) is 0 Å². The molecule has 1 fully saturated rings. The Labute approximate surface area is 96.9 Å². The summed E-state index contributed by atoms with van der Waals surface area (Å²) >= 11 is 6.58. The van der Waals surface area contributed by atoms with Crippen LogP contribution in [-0.4, -0.2) is 37.5 Å². The Morgan fingerprint density at radius 3 is 2.58 bits per heavy atom. The molecule has 1 rings (SSSR count). The van der Waals surface area contributed by atoms with Crippen LogP contribution in [0.15, 0.2) is 0 Å². The highest BCUT2D eigenvalue weighted by atomic mass is 127. The summed E-state index contributed by atoms with van der Waals surface area (Å²) < 4.78 is 5.28. The molecule has 4 heteroatoms. The molecule has 12 heavy (non-hydrogen) atoms. The van der Waals surface area contributed by atoms with Gasteiger partial charge in [-0.25, -0.2) is 4.58 Å². The van der Waals surface area contributed by atoms with E-state index in [0.29, 0.717) is 0 Å². The van der Waals surface area contributed by atoms with Crippen molar-refractivity contribution < 1.29 is 4.58 Å². The molecule has 0 bridgehead atoms. The van der Waals surface area contributed by atoms with E-state index in [2.05, 4.69) is 52.8 Å². The molecule has 0 aromatic rings. The number of nitrogens with zero attached hydrogens (tertiary/aromatic N) is 1. The summed E-state index contributed by atoms with van der Waals surface area (Å²) in [5.74, 6) is 1.30. The predicted molar refractivity (Wildman–Crippen MR) is 69.1 cm³/mol. The van der Waals surface area contributed by atoms with Crippen molar-refractivity contribution in [2.45, 2.75) is 19.1 Å². The van der Waals surface area contributed by atoms with E-state index in [1.165, 1.54) is 10.2 Å². The third-order valence-corrected chi connectivity index (χ3v) is 6.57. The van der Waals surface area contributed by atoms with Crippen LogP contribution in [0.1, 0.15) is 13.8 Å². The van der Waals surface area contributed by atoms with Gasteiger partial charge in [0.2, 0.25) is 0 Å². The molecule has 1 aliphatic rings. The first-order chi connectivity index (χ1) is 5.81. The average Bonchev–Trinajstić information content (AvgIpc) is 2.55. The average molecular weight is 316 g/mol. The SMILES string of the molecule is CC[N+](CC)=C1SCC(CI)S1. The maximum absolute atomic E-state index is 2.48. The normalized spacial score (nSPS) is 23.2. The van der Waals surface area contributed by atoms with Gasteiger partial charge in [-0.15, -0.1) is 0 Å². The van der Waals surface area contributed by atoms with Crippen molar-refractivity contribution in [3.8, 4) is 0 Å². The molecule has 1 saturated heterocycles. The lowest BCUT2D eigenvalue weighted by atomic mass is 10.6. The molecule has 0 N–H and O–H groups in total. The van der Waals surface area contributed by atoms with E-state index >= 15 is 0 Å². The van der Waals surface area contributed by atoms with Crippen LogP contribution in [0.4, 0.5) is 0 Å². The fourth-order valence-corrected chi connectivity index (χ4v) is 5.38. The zero-order valence-electron chi connectivity index (χ0n) is 7.55. The monoisotopic (exact) mass is 316 g/mol. The number of rotatable bonds is 3. The van der Waals surface area contributed by atoms with E-state index in [1.54, 1.807) is 4.38 Å². The van der Waals surface area contributed by atoms with E-state index < -0.39 is 0 Å². The largest absolute Gasteiger partial charge is 0.270 e. The Bertz CT molecular complexity index is 176. The maximum Gasteiger partial charge on any atom is 0.270 e. The van der Waals surface area contributed by atoms with Gasteiger partial charge < -0.3 is 0 Å². The molecule has 1 nitrogen and oxygen atoms in total. The van der Waals surface area contributed by atoms with Crippen LogP contribution in [-0.2, 0) is 0 Å². The fraction of sp³-hybridized carbons (Fsp3) is 0.875. The second-order valence-corrected chi connectivity index (χ2v) is 6.08. The van der Waals surface area contributed by atoms with Gasteiger partial charge in [0, 0.05) is 15.4 Å². The van der Waals surface area contributed by atoms with Crippen molar-refractivity contribution in [1.82, 2.24) is 0 Å². The Balaban J connectivity index is 2.58. The molecule has 0 spiro atoms. The summed E-state index contributed by atoms with van der Waals surface area (Å²) in [6.45, 7) is 6.77. The van der Waals surface area contributed by atoms with Gasteiger partial charge in [-0.3, -0.25) is 0 Å². The number of hydrogen-bond acceptors (Lipinski definition) is 2. The lowest BCUT2D eigenvalue weighted by Gasteiger charge is -2.00. The standard InChI is InChI=1S/C8H15INS2/c1-3-10(4-2)8-11-6-7(5-9)12-8/h7H,3-6H2,1-2H3/q+1. The van der Waals surface area contributed by atoms with E-state index in [4.69, 9.17) is 0 Å². The highest BCUT2D eigenvalue weighted by molar-refractivity contribution is 14.1. The van der Waals surface area contributed by atoms with E-state index in [9.17, 15) is 0 Å². The minimum Gasteiger partial charge on any atom is -0.219 e. The van der Waals surface area contributed by atoms with Crippen molar-refractivity contribution in [2.75, 3.05) is 23.3 Å². The Kier molecular flexibility index (Phi) is 5.36. The minimum atomic E-state index is 0.853. The molecule has 70 valence electrons. The molecule has 0 aromatic heterocycles. The molecule has 0 aromatic carbocycles. The molecular formula is C8H15INS2+. The molecule has 0 aliphatic carbocycles. The van der Waals surface area contributed by atoms with E-state index in [0.717, 1.165) is 18.3 Å².